The molecule has 3 rings (SSSR count). The van der Waals surface area contributed by atoms with E-state index < -0.39 is 0 Å². The second-order valence-corrected chi connectivity index (χ2v) is 4.58. The number of aliphatic hydroxyl groups is 1. The highest BCUT2D eigenvalue weighted by Gasteiger charge is 2.09. The van der Waals surface area contributed by atoms with E-state index in [1.165, 1.54) is 6.33 Å². The molecule has 18 heavy (non-hydrogen) atoms. The summed E-state index contributed by atoms with van der Waals surface area (Å²) in [5.41, 5.74) is 0.736. The lowest BCUT2D eigenvalue weighted by Crippen LogP contribution is -1.93. The molecular weight excluding hydrogens is 248 g/mol. The molecule has 0 atom stereocenters. The summed E-state index contributed by atoms with van der Waals surface area (Å²) in [6.07, 6.45) is 1.48. The fraction of sp³-hybridized carbons (Fsp3) is 0.0769. The molecule has 0 unspecified atom stereocenters. The van der Waals surface area contributed by atoms with Crippen molar-refractivity contribution in [2.24, 2.45) is 0 Å². The van der Waals surface area contributed by atoms with Crippen LogP contribution in [0.2, 0.25) is 0 Å². The average Bonchev–Trinajstić information content (AvgIpc) is 2.89. The van der Waals surface area contributed by atoms with E-state index >= 15 is 0 Å². The maximum atomic E-state index is 9.26. The Morgan fingerprint density at radius 3 is 2.94 bits per heavy atom. The van der Waals surface area contributed by atoms with Crippen molar-refractivity contribution in [1.82, 2.24) is 9.97 Å². The lowest BCUT2D eigenvalue weighted by atomic mass is 10.2. The van der Waals surface area contributed by atoms with E-state index in [0.717, 1.165) is 15.8 Å². The van der Waals surface area contributed by atoms with E-state index in [4.69, 9.17) is 4.74 Å². The molecule has 0 spiro atoms. The number of hydrogen-bond donors (Lipinski definition) is 1. The number of aromatic nitrogens is 2. The Kier molecular flexibility index (Phi) is 2.92. The third kappa shape index (κ3) is 1.94. The molecule has 0 saturated heterocycles. The number of fused-ring (bicyclic) bond motifs is 1. The van der Waals surface area contributed by atoms with Crippen LogP contribution in [0.1, 0.15) is 5.56 Å². The van der Waals surface area contributed by atoms with Crippen molar-refractivity contribution >= 4 is 21.6 Å². The standard InChI is InChI=1S/C13H10N2O2S/c16-7-9-3-1-2-4-11(9)17-12-10-5-6-18-13(10)15-8-14-12/h1-6,8,16H,7H2. The number of thiophene rings is 1. The van der Waals surface area contributed by atoms with Gasteiger partial charge in [0, 0.05) is 5.56 Å². The maximum absolute atomic E-state index is 9.26. The molecule has 0 saturated carbocycles. The van der Waals surface area contributed by atoms with Crippen LogP contribution in [0.25, 0.3) is 10.2 Å². The zero-order chi connectivity index (χ0) is 12.4. The molecule has 0 aliphatic carbocycles. The predicted molar refractivity (Wildman–Crippen MR) is 69.9 cm³/mol. The molecule has 3 aromatic rings. The monoisotopic (exact) mass is 258 g/mol. The van der Waals surface area contributed by atoms with Gasteiger partial charge >= 0.3 is 0 Å². The normalized spacial score (nSPS) is 10.7. The molecule has 5 heteroatoms. The minimum Gasteiger partial charge on any atom is -0.438 e. The van der Waals surface area contributed by atoms with Gasteiger partial charge in [0.2, 0.25) is 5.88 Å². The summed E-state index contributed by atoms with van der Waals surface area (Å²) < 4.78 is 5.77. The summed E-state index contributed by atoms with van der Waals surface area (Å²) in [4.78, 5) is 9.20. The molecule has 0 bridgehead atoms. The summed E-state index contributed by atoms with van der Waals surface area (Å²) in [6.45, 7) is -0.0615. The van der Waals surface area contributed by atoms with Gasteiger partial charge < -0.3 is 9.84 Å². The van der Waals surface area contributed by atoms with Crippen molar-refractivity contribution in [2.45, 2.75) is 6.61 Å². The fourth-order valence-corrected chi connectivity index (χ4v) is 2.41. The van der Waals surface area contributed by atoms with Crippen molar-refractivity contribution in [3.63, 3.8) is 0 Å². The third-order valence-electron chi connectivity index (χ3n) is 2.57. The van der Waals surface area contributed by atoms with Crippen molar-refractivity contribution in [3.8, 4) is 11.6 Å². The minimum absolute atomic E-state index is 0.0615. The van der Waals surface area contributed by atoms with Crippen LogP contribution in [-0.4, -0.2) is 15.1 Å². The molecule has 0 radical (unpaired) electrons. The Labute approximate surface area is 108 Å². The van der Waals surface area contributed by atoms with E-state index in [1.807, 2.05) is 35.7 Å². The molecule has 4 nitrogen and oxygen atoms in total. The molecule has 0 amide bonds. The molecule has 0 fully saturated rings. The van der Waals surface area contributed by atoms with E-state index in [-0.39, 0.29) is 6.61 Å². The van der Waals surface area contributed by atoms with Crippen molar-refractivity contribution in [3.05, 3.63) is 47.6 Å². The minimum atomic E-state index is -0.0615. The van der Waals surface area contributed by atoms with Gasteiger partial charge in [-0.15, -0.1) is 11.3 Å². The molecule has 2 aromatic heterocycles. The second-order valence-electron chi connectivity index (χ2n) is 3.69. The average molecular weight is 258 g/mol. The van der Waals surface area contributed by atoms with Crippen LogP contribution in [0.3, 0.4) is 0 Å². The van der Waals surface area contributed by atoms with E-state index in [9.17, 15) is 5.11 Å². The smallest absolute Gasteiger partial charge is 0.231 e. The second kappa shape index (κ2) is 4.72. The van der Waals surface area contributed by atoms with Crippen LogP contribution in [0.15, 0.2) is 42.0 Å². The van der Waals surface area contributed by atoms with Crippen molar-refractivity contribution < 1.29 is 9.84 Å². The Morgan fingerprint density at radius 2 is 2.06 bits per heavy atom. The molecule has 1 N–H and O–H groups in total. The SMILES string of the molecule is OCc1ccccc1Oc1ncnc2sccc12. The fourth-order valence-electron chi connectivity index (χ4n) is 1.69. The topological polar surface area (TPSA) is 55.2 Å². The quantitative estimate of drug-likeness (QED) is 0.784. The molecular formula is C13H10N2O2S. The summed E-state index contributed by atoms with van der Waals surface area (Å²) in [5.74, 6) is 1.13. The highest BCUT2D eigenvalue weighted by molar-refractivity contribution is 7.16. The Morgan fingerprint density at radius 1 is 1.17 bits per heavy atom. The van der Waals surface area contributed by atoms with Crippen LogP contribution in [0.5, 0.6) is 11.6 Å². The Bertz CT molecular complexity index is 681. The third-order valence-corrected chi connectivity index (χ3v) is 3.40. The van der Waals surface area contributed by atoms with Gasteiger partial charge in [0.1, 0.15) is 16.9 Å². The summed E-state index contributed by atoms with van der Waals surface area (Å²) in [7, 11) is 0. The first-order valence-corrected chi connectivity index (χ1v) is 6.31. The van der Waals surface area contributed by atoms with Crippen LogP contribution < -0.4 is 4.74 Å². The van der Waals surface area contributed by atoms with Gasteiger partial charge in [-0.05, 0) is 17.5 Å². The summed E-state index contributed by atoms with van der Waals surface area (Å²) in [5, 5.41) is 12.1. The maximum Gasteiger partial charge on any atom is 0.231 e. The van der Waals surface area contributed by atoms with Crippen molar-refractivity contribution in [1.29, 1.82) is 0 Å². The van der Waals surface area contributed by atoms with E-state index in [0.29, 0.717) is 11.6 Å². The Hall–Kier alpha value is -1.98. The number of benzene rings is 1. The highest BCUT2D eigenvalue weighted by Crippen LogP contribution is 2.30. The first-order chi connectivity index (χ1) is 8.88. The molecule has 0 aliphatic rings. The van der Waals surface area contributed by atoms with Gasteiger partial charge in [-0.3, -0.25) is 0 Å². The summed E-state index contributed by atoms with van der Waals surface area (Å²) in [6, 6.07) is 9.28. The number of nitrogens with zero attached hydrogens (tertiary/aromatic N) is 2. The van der Waals surface area contributed by atoms with Gasteiger partial charge in [0.15, 0.2) is 0 Å². The number of rotatable bonds is 3. The van der Waals surface area contributed by atoms with Gasteiger partial charge in [-0.25, -0.2) is 9.97 Å². The number of ether oxygens (including phenoxy) is 1. The lowest BCUT2D eigenvalue weighted by molar-refractivity contribution is 0.276. The molecule has 1 aromatic carbocycles. The van der Waals surface area contributed by atoms with Crippen LogP contribution >= 0.6 is 11.3 Å². The van der Waals surface area contributed by atoms with Gasteiger partial charge in [0.05, 0.1) is 12.0 Å². The van der Waals surface area contributed by atoms with Gasteiger partial charge in [0.25, 0.3) is 0 Å². The van der Waals surface area contributed by atoms with E-state index in [2.05, 4.69) is 9.97 Å². The summed E-state index contributed by atoms with van der Waals surface area (Å²) >= 11 is 1.54. The largest absolute Gasteiger partial charge is 0.438 e. The van der Waals surface area contributed by atoms with Gasteiger partial charge in [-0.2, -0.15) is 0 Å². The first-order valence-electron chi connectivity index (χ1n) is 5.43. The van der Waals surface area contributed by atoms with Crippen LogP contribution in [0.4, 0.5) is 0 Å². The van der Waals surface area contributed by atoms with Crippen LogP contribution in [0, 0.1) is 0 Å². The molecule has 0 aliphatic heterocycles. The number of hydrogen-bond acceptors (Lipinski definition) is 5. The zero-order valence-corrected chi connectivity index (χ0v) is 10.2. The van der Waals surface area contributed by atoms with Crippen molar-refractivity contribution in [2.75, 3.05) is 0 Å². The van der Waals surface area contributed by atoms with Crippen LogP contribution in [-0.2, 0) is 6.61 Å². The highest BCUT2D eigenvalue weighted by atomic mass is 32.1. The van der Waals surface area contributed by atoms with Gasteiger partial charge in [-0.1, -0.05) is 18.2 Å². The lowest BCUT2D eigenvalue weighted by Gasteiger charge is -2.08. The molecule has 2 heterocycles. The Balaban J connectivity index is 2.04. The number of para-hydroxylation sites is 1. The first kappa shape index (κ1) is 11.1. The number of aliphatic hydroxyl groups excluding tert-OH is 1. The zero-order valence-electron chi connectivity index (χ0n) is 9.41. The van der Waals surface area contributed by atoms with E-state index in [1.54, 1.807) is 11.3 Å². The predicted octanol–water partition coefficient (Wildman–Crippen LogP) is 2.98. The molecule has 90 valence electrons.